The van der Waals surface area contributed by atoms with Gasteiger partial charge in [0.15, 0.2) is 10.6 Å². The number of carbonyl (C=O) groups excluding carboxylic acids is 1. The van der Waals surface area contributed by atoms with Crippen molar-refractivity contribution >= 4 is 40.4 Å². The first-order valence-electron chi connectivity index (χ1n) is 13.5. The van der Waals surface area contributed by atoms with Gasteiger partial charge in [-0.2, -0.15) is 5.10 Å². The third kappa shape index (κ3) is 5.16. The van der Waals surface area contributed by atoms with Crippen molar-refractivity contribution in [1.29, 1.82) is 0 Å². The first kappa shape index (κ1) is 29.0. The molecule has 0 amide bonds. The van der Waals surface area contributed by atoms with Crippen molar-refractivity contribution in [1.82, 2.24) is 14.3 Å². The number of nitro benzene ring substituents is 1. The number of methoxy groups -OCH3 is 1. The minimum Gasteiger partial charge on any atom is -0.487 e. The number of ether oxygens (including phenoxy) is 2. The summed E-state index contributed by atoms with van der Waals surface area (Å²) in [5.41, 5.74) is 2.50. The number of benzene rings is 2. The van der Waals surface area contributed by atoms with Crippen molar-refractivity contribution < 1.29 is 19.2 Å². The van der Waals surface area contributed by atoms with Gasteiger partial charge in [-0.1, -0.05) is 35.6 Å². The lowest BCUT2D eigenvalue weighted by molar-refractivity contribution is -0.385. The molecule has 1 aliphatic heterocycles. The molecule has 0 unspecified atom stereocenters. The van der Waals surface area contributed by atoms with E-state index in [0.717, 1.165) is 10.6 Å². The number of esters is 1. The monoisotopic (exact) mass is 627 g/mol. The van der Waals surface area contributed by atoms with Crippen molar-refractivity contribution in [2.75, 3.05) is 13.7 Å². The number of hydrogen-bond acceptors (Lipinski definition) is 10. The van der Waals surface area contributed by atoms with Crippen molar-refractivity contribution in [3.63, 3.8) is 0 Å². The first-order valence-corrected chi connectivity index (χ1v) is 15.2. The number of rotatable bonds is 8. The number of nitro groups is 1. The van der Waals surface area contributed by atoms with Crippen molar-refractivity contribution in [2.24, 2.45) is 4.99 Å². The van der Waals surface area contributed by atoms with Crippen LogP contribution < -0.4 is 19.6 Å². The molecular formula is C31H25N5O6S2. The number of allylic oxidation sites excluding steroid dienone is 1. The fourth-order valence-corrected chi connectivity index (χ4v) is 6.93. The summed E-state index contributed by atoms with van der Waals surface area (Å²) in [6.45, 7) is 3.76. The Bertz CT molecular complexity index is 2110. The molecule has 0 saturated carbocycles. The standard InChI is InChI=1S/C31H25N5O6S2/c1-4-42-23-13-12-19(15-22(23)36(39)40)27-20(17-34(33-27)21-9-6-5-7-10-21)16-25-29(37)35-28(24-11-8-14-43-24)26(30(38)41-3)18(2)32-31(35)44-25/h5-17,28H,4H2,1-3H3/b25-16+/t28-/m0/s1. The van der Waals surface area contributed by atoms with Gasteiger partial charge in [-0.15, -0.1) is 11.3 Å². The van der Waals surface area contributed by atoms with E-state index in [-0.39, 0.29) is 23.6 Å². The molecule has 11 nitrogen and oxygen atoms in total. The van der Waals surface area contributed by atoms with Gasteiger partial charge in [-0.25, -0.2) is 14.5 Å². The van der Waals surface area contributed by atoms with E-state index in [9.17, 15) is 19.7 Å². The van der Waals surface area contributed by atoms with Crippen LogP contribution >= 0.6 is 22.7 Å². The molecule has 0 aliphatic carbocycles. The summed E-state index contributed by atoms with van der Waals surface area (Å²) in [7, 11) is 1.30. The number of aromatic nitrogens is 3. The highest BCUT2D eigenvalue weighted by molar-refractivity contribution is 7.10. The van der Waals surface area contributed by atoms with Crippen molar-refractivity contribution in [3.05, 3.63) is 124 Å². The summed E-state index contributed by atoms with van der Waals surface area (Å²) in [6.07, 6.45) is 3.48. The molecule has 13 heteroatoms. The number of fused-ring (bicyclic) bond motifs is 1. The molecular weight excluding hydrogens is 603 g/mol. The van der Waals surface area contributed by atoms with Gasteiger partial charge in [0.25, 0.3) is 5.56 Å². The van der Waals surface area contributed by atoms with Gasteiger partial charge in [0, 0.05) is 28.3 Å². The number of thiophene rings is 1. The average Bonchev–Trinajstić information content (AvgIpc) is 3.77. The summed E-state index contributed by atoms with van der Waals surface area (Å²) in [6, 6.07) is 17.1. The average molecular weight is 628 g/mol. The van der Waals surface area contributed by atoms with Crippen LogP contribution in [0.5, 0.6) is 5.75 Å². The molecule has 4 heterocycles. The number of thiazole rings is 1. The van der Waals surface area contributed by atoms with E-state index < -0.39 is 16.9 Å². The lowest BCUT2D eigenvalue weighted by atomic mass is 10.0. The lowest BCUT2D eigenvalue weighted by Crippen LogP contribution is -2.39. The minimum absolute atomic E-state index is 0.156. The van der Waals surface area contributed by atoms with E-state index in [1.165, 1.54) is 40.4 Å². The molecule has 0 spiro atoms. The topological polar surface area (TPSA) is 131 Å². The lowest BCUT2D eigenvalue weighted by Gasteiger charge is -2.22. The Morgan fingerprint density at radius 3 is 2.64 bits per heavy atom. The molecule has 0 saturated heterocycles. The molecule has 0 N–H and O–H groups in total. The van der Waals surface area contributed by atoms with Crippen LogP contribution in [0.2, 0.25) is 0 Å². The predicted molar refractivity (Wildman–Crippen MR) is 167 cm³/mol. The normalized spacial score (nSPS) is 14.7. The zero-order valence-electron chi connectivity index (χ0n) is 23.8. The molecule has 3 aromatic heterocycles. The highest BCUT2D eigenvalue weighted by atomic mass is 32.1. The van der Waals surface area contributed by atoms with Crippen LogP contribution in [0, 0.1) is 10.1 Å². The van der Waals surface area contributed by atoms with Crippen LogP contribution in [0.25, 0.3) is 23.0 Å². The molecule has 5 aromatic rings. The first-order chi connectivity index (χ1) is 21.3. The molecule has 0 bridgehead atoms. The number of hydrogen-bond donors (Lipinski definition) is 0. The van der Waals surface area contributed by atoms with Gasteiger partial charge in [-0.05, 0) is 55.6 Å². The summed E-state index contributed by atoms with van der Waals surface area (Å²) < 4.78 is 14.1. The molecule has 0 fully saturated rings. The van der Waals surface area contributed by atoms with Crippen molar-refractivity contribution in [3.8, 4) is 22.7 Å². The molecule has 222 valence electrons. The molecule has 1 aliphatic rings. The van der Waals surface area contributed by atoms with Gasteiger partial charge >= 0.3 is 11.7 Å². The van der Waals surface area contributed by atoms with E-state index in [4.69, 9.17) is 14.6 Å². The quantitative estimate of drug-likeness (QED) is 0.139. The molecule has 2 aromatic carbocycles. The molecule has 0 radical (unpaired) electrons. The second-order valence-electron chi connectivity index (χ2n) is 9.67. The van der Waals surface area contributed by atoms with E-state index in [0.29, 0.717) is 37.4 Å². The van der Waals surface area contributed by atoms with Gasteiger partial charge in [0.2, 0.25) is 0 Å². The Morgan fingerprint density at radius 1 is 1.16 bits per heavy atom. The van der Waals surface area contributed by atoms with Crippen LogP contribution in [0.1, 0.15) is 30.3 Å². The molecule has 6 rings (SSSR count). The SMILES string of the molecule is CCOc1ccc(-c2nn(-c3ccccc3)cc2/C=c2/sc3n(c2=O)[C@@H](c2cccs2)C(C(=O)OC)=C(C)N=3)cc1[N+](=O)[O-]. The molecule has 1 atom stereocenters. The summed E-state index contributed by atoms with van der Waals surface area (Å²) in [5.74, 6) is -0.397. The Morgan fingerprint density at radius 2 is 1.95 bits per heavy atom. The zero-order chi connectivity index (χ0) is 31.0. The maximum Gasteiger partial charge on any atom is 0.338 e. The Hall–Kier alpha value is -5.14. The summed E-state index contributed by atoms with van der Waals surface area (Å²) >= 11 is 2.62. The minimum atomic E-state index is -0.693. The second kappa shape index (κ2) is 11.9. The van der Waals surface area contributed by atoms with Crippen LogP contribution in [0.15, 0.2) is 93.3 Å². The van der Waals surface area contributed by atoms with Gasteiger partial charge in [0.1, 0.15) is 11.7 Å². The van der Waals surface area contributed by atoms with Crippen LogP contribution in [0.3, 0.4) is 0 Å². The highest BCUT2D eigenvalue weighted by Crippen LogP contribution is 2.35. The zero-order valence-corrected chi connectivity index (χ0v) is 25.4. The Balaban J connectivity index is 1.57. The van der Waals surface area contributed by atoms with Crippen LogP contribution in [0.4, 0.5) is 5.69 Å². The third-order valence-corrected chi connectivity index (χ3v) is 8.93. The van der Waals surface area contributed by atoms with E-state index in [2.05, 4.69) is 4.99 Å². The van der Waals surface area contributed by atoms with E-state index >= 15 is 0 Å². The number of para-hydroxylation sites is 1. The van der Waals surface area contributed by atoms with Gasteiger partial charge < -0.3 is 9.47 Å². The molecule has 44 heavy (non-hydrogen) atoms. The van der Waals surface area contributed by atoms with Crippen LogP contribution in [-0.4, -0.2) is 39.0 Å². The fraction of sp³-hybridized carbons (Fsp3) is 0.161. The largest absolute Gasteiger partial charge is 0.487 e. The van der Waals surface area contributed by atoms with Gasteiger partial charge in [-0.3, -0.25) is 19.5 Å². The third-order valence-electron chi connectivity index (χ3n) is 7.02. The number of nitrogens with zero attached hydrogens (tertiary/aromatic N) is 5. The van der Waals surface area contributed by atoms with E-state index in [1.54, 1.807) is 42.9 Å². The highest BCUT2D eigenvalue weighted by Gasteiger charge is 2.33. The maximum atomic E-state index is 14.1. The Labute approximate surface area is 258 Å². The number of carbonyl (C=O) groups is 1. The Kier molecular flexibility index (Phi) is 7.80. The van der Waals surface area contributed by atoms with Gasteiger partial charge in [0.05, 0.1) is 40.1 Å². The fourth-order valence-electron chi connectivity index (χ4n) is 5.07. The predicted octanol–water partition coefficient (Wildman–Crippen LogP) is 4.63. The summed E-state index contributed by atoms with van der Waals surface area (Å²) in [4.78, 5) is 44.2. The summed E-state index contributed by atoms with van der Waals surface area (Å²) in [5, 5.41) is 18.6. The maximum absolute atomic E-state index is 14.1. The van der Waals surface area contributed by atoms with Crippen LogP contribution in [-0.2, 0) is 9.53 Å². The second-order valence-corrected chi connectivity index (χ2v) is 11.7. The smallest absolute Gasteiger partial charge is 0.338 e. The van der Waals surface area contributed by atoms with E-state index in [1.807, 2.05) is 47.8 Å². The van der Waals surface area contributed by atoms with Crippen molar-refractivity contribution in [2.45, 2.75) is 19.9 Å².